The van der Waals surface area contributed by atoms with Crippen LogP contribution in [0, 0.1) is 11.6 Å². The molecule has 0 spiro atoms. The maximum atomic E-state index is 13.5. The molecule has 1 aliphatic rings. The molecule has 0 aliphatic carbocycles. The number of rotatable bonds is 4. The fourth-order valence-corrected chi connectivity index (χ4v) is 2.23. The monoisotopic (exact) mass is 320 g/mol. The van der Waals surface area contributed by atoms with E-state index in [9.17, 15) is 13.6 Å². The highest BCUT2D eigenvalue weighted by molar-refractivity contribution is 5.73. The lowest BCUT2D eigenvalue weighted by molar-refractivity contribution is -0.144. The van der Waals surface area contributed by atoms with Gasteiger partial charge in [0.05, 0.1) is 6.42 Å². The Labute approximate surface area is 131 Å². The van der Waals surface area contributed by atoms with Gasteiger partial charge < -0.3 is 14.2 Å². The van der Waals surface area contributed by atoms with Crippen LogP contribution < -0.4 is 9.47 Å². The molecule has 1 aliphatic heterocycles. The molecule has 0 aromatic heterocycles. The summed E-state index contributed by atoms with van der Waals surface area (Å²) in [6.45, 7) is 0.639. The molecule has 0 amide bonds. The van der Waals surface area contributed by atoms with Gasteiger partial charge in [0.2, 0.25) is 0 Å². The third-order valence-corrected chi connectivity index (χ3v) is 3.38. The minimum atomic E-state index is -1.00. The number of carbonyl (C=O) groups is 1. The summed E-state index contributed by atoms with van der Waals surface area (Å²) in [4.78, 5) is 11.8. The molecule has 2 aromatic rings. The van der Waals surface area contributed by atoms with Crippen molar-refractivity contribution in [3.63, 3.8) is 0 Å². The lowest BCUT2D eigenvalue weighted by Crippen LogP contribution is -2.16. The molecule has 3 rings (SSSR count). The molecule has 6 heteroatoms. The van der Waals surface area contributed by atoms with E-state index in [0.29, 0.717) is 30.3 Å². The normalized spacial score (nSPS) is 12.8. The topological polar surface area (TPSA) is 44.8 Å². The molecule has 23 heavy (non-hydrogen) atoms. The summed E-state index contributed by atoms with van der Waals surface area (Å²) in [5, 5.41) is 0. The Hall–Kier alpha value is -2.63. The molecule has 0 saturated heterocycles. The molecule has 120 valence electrons. The number of halogens is 2. The summed E-state index contributed by atoms with van der Waals surface area (Å²) in [5.74, 6) is -1.29. The number of ether oxygens (including phenoxy) is 3. The largest absolute Gasteiger partial charge is 0.486 e. The number of hydrogen-bond acceptors (Lipinski definition) is 4. The molecule has 0 atom stereocenters. The van der Waals surface area contributed by atoms with E-state index in [4.69, 9.17) is 14.2 Å². The predicted octanol–water partition coefficient (Wildman–Crippen LogP) is 3.02. The summed E-state index contributed by atoms with van der Waals surface area (Å²) < 4.78 is 42.4. The first-order valence-electron chi connectivity index (χ1n) is 7.10. The van der Waals surface area contributed by atoms with Crippen LogP contribution in [0.4, 0.5) is 8.78 Å². The molecule has 0 unspecified atom stereocenters. The Balaban J connectivity index is 1.60. The van der Waals surface area contributed by atoms with E-state index >= 15 is 0 Å². The van der Waals surface area contributed by atoms with Gasteiger partial charge in [0.15, 0.2) is 23.1 Å². The average molecular weight is 320 g/mol. The third kappa shape index (κ3) is 3.59. The Morgan fingerprint density at radius 3 is 2.70 bits per heavy atom. The number of hydrogen-bond donors (Lipinski definition) is 0. The van der Waals surface area contributed by atoms with Crippen molar-refractivity contribution in [1.82, 2.24) is 0 Å². The molecule has 0 saturated carbocycles. The van der Waals surface area contributed by atoms with Crippen molar-refractivity contribution < 1.29 is 27.8 Å². The zero-order valence-corrected chi connectivity index (χ0v) is 12.2. The van der Waals surface area contributed by atoms with Crippen molar-refractivity contribution in [2.24, 2.45) is 0 Å². The van der Waals surface area contributed by atoms with E-state index in [1.54, 1.807) is 18.2 Å². The fourth-order valence-electron chi connectivity index (χ4n) is 2.23. The maximum Gasteiger partial charge on any atom is 0.310 e. The Bertz CT molecular complexity index is 731. The number of carbonyl (C=O) groups excluding carboxylic acids is 1. The van der Waals surface area contributed by atoms with Gasteiger partial charge in [0, 0.05) is 5.56 Å². The highest BCUT2D eigenvalue weighted by Gasteiger charge is 2.14. The summed E-state index contributed by atoms with van der Waals surface area (Å²) in [5.41, 5.74) is 0.694. The van der Waals surface area contributed by atoms with E-state index in [2.05, 4.69) is 0 Å². The lowest BCUT2D eigenvalue weighted by atomic mass is 10.1. The Morgan fingerprint density at radius 1 is 1.09 bits per heavy atom. The molecule has 0 fully saturated rings. The first-order chi connectivity index (χ1) is 11.1. The summed E-state index contributed by atoms with van der Waals surface area (Å²) in [6.07, 6.45) is 0.00751. The van der Waals surface area contributed by atoms with Crippen LogP contribution in [-0.4, -0.2) is 19.2 Å². The van der Waals surface area contributed by atoms with Crippen molar-refractivity contribution >= 4 is 5.97 Å². The maximum absolute atomic E-state index is 13.5. The van der Waals surface area contributed by atoms with Crippen LogP contribution in [-0.2, 0) is 22.6 Å². The highest BCUT2D eigenvalue weighted by Crippen LogP contribution is 2.30. The van der Waals surface area contributed by atoms with Gasteiger partial charge in [-0.2, -0.15) is 0 Å². The first kappa shape index (κ1) is 15.3. The van der Waals surface area contributed by atoms with Crippen molar-refractivity contribution in [2.75, 3.05) is 13.2 Å². The second-order valence-corrected chi connectivity index (χ2v) is 5.03. The van der Waals surface area contributed by atoms with Crippen molar-refractivity contribution in [3.05, 3.63) is 59.2 Å². The predicted molar refractivity (Wildman–Crippen MR) is 77.3 cm³/mol. The van der Waals surface area contributed by atoms with Gasteiger partial charge in [0.25, 0.3) is 0 Å². The van der Waals surface area contributed by atoms with E-state index in [-0.39, 0.29) is 18.6 Å². The zero-order valence-electron chi connectivity index (χ0n) is 12.2. The molecule has 0 radical (unpaired) electrons. The van der Waals surface area contributed by atoms with E-state index in [1.165, 1.54) is 12.1 Å². The second-order valence-electron chi connectivity index (χ2n) is 5.03. The van der Waals surface area contributed by atoms with Gasteiger partial charge in [-0.15, -0.1) is 0 Å². The summed E-state index contributed by atoms with van der Waals surface area (Å²) in [7, 11) is 0. The zero-order chi connectivity index (χ0) is 16.2. The second kappa shape index (κ2) is 6.64. The minimum absolute atomic E-state index is 0.000485. The van der Waals surface area contributed by atoms with Crippen LogP contribution >= 0.6 is 0 Å². The van der Waals surface area contributed by atoms with Gasteiger partial charge in [0.1, 0.15) is 19.8 Å². The van der Waals surface area contributed by atoms with Gasteiger partial charge >= 0.3 is 5.97 Å². The van der Waals surface area contributed by atoms with Gasteiger partial charge in [-0.25, -0.2) is 8.78 Å². The smallest absolute Gasteiger partial charge is 0.310 e. The lowest BCUT2D eigenvalue weighted by Gasteiger charge is -2.18. The Morgan fingerprint density at radius 2 is 1.87 bits per heavy atom. The average Bonchev–Trinajstić information content (AvgIpc) is 2.56. The summed E-state index contributed by atoms with van der Waals surface area (Å²) in [6, 6.07) is 8.91. The molecule has 0 bridgehead atoms. The third-order valence-electron chi connectivity index (χ3n) is 3.38. The molecular formula is C17H14F2O4. The van der Waals surface area contributed by atoms with Gasteiger partial charge in [-0.1, -0.05) is 18.2 Å². The van der Waals surface area contributed by atoms with Crippen molar-refractivity contribution in [2.45, 2.75) is 13.0 Å². The standard InChI is InChI=1S/C17H14F2O4/c18-13-3-1-2-12(17(13)19)10-23-16(20)9-11-4-5-14-15(8-11)22-7-6-21-14/h1-5,8H,6-7,9-10H2. The molecule has 4 nitrogen and oxygen atoms in total. The molecule has 2 aromatic carbocycles. The SMILES string of the molecule is O=C(Cc1ccc2c(c1)OCCO2)OCc1cccc(F)c1F. The Kier molecular flexibility index (Phi) is 4.41. The number of esters is 1. The van der Waals surface area contributed by atoms with Crippen LogP contribution in [0.3, 0.4) is 0 Å². The van der Waals surface area contributed by atoms with Crippen LogP contribution in [0.1, 0.15) is 11.1 Å². The summed E-state index contributed by atoms with van der Waals surface area (Å²) >= 11 is 0. The van der Waals surface area contributed by atoms with Crippen molar-refractivity contribution in [3.8, 4) is 11.5 Å². The number of fused-ring (bicyclic) bond motifs is 1. The minimum Gasteiger partial charge on any atom is -0.486 e. The van der Waals surface area contributed by atoms with E-state index in [1.807, 2.05) is 0 Å². The van der Waals surface area contributed by atoms with Gasteiger partial charge in [-0.05, 0) is 23.8 Å². The first-order valence-corrected chi connectivity index (χ1v) is 7.10. The quantitative estimate of drug-likeness (QED) is 0.812. The van der Waals surface area contributed by atoms with E-state index in [0.717, 1.165) is 6.07 Å². The molecule has 1 heterocycles. The van der Waals surface area contributed by atoms with Crippen LogP contribution in [0.2, 0.25) is 0 Å². The number of benzene rings is 2. The fraction of sp³-hybridized carbons (Fsp3) is 0.235. The van der Waals surface area contributed by atoms with Crippen LogP contribution in [0.5, 0.6) is 11.5 Å². The molecule has 0 N–H and O–H groups in total. The molecular weight excluding hydrogens is 306 g/mol. The van der Waals surface area contributed by atoms with Crippen LogP contribution in [0.25, 0.3) is 0 Å². The van der Waals surface area contributed by atoms with Crippen molar-refractivity contribution in [1.29, 1.82) is 0 Å². The van der Waals surface area contributed by atoms with Gasteiger partial charge in [-0.3, -0.25) is 4.79 Å². The highest BCUT2D eigenvalue weighted by atomic mass is 19.2. The van der Waals surface area contributed by atoms with Crippen LogP contribution in [0.15, 0.2) is 36.4 Å². The van der Waals surface area contributed by atoms with E-state index < -0.39 is 17.6 Å².